The van der Waals surface area contributed by atoms with E-state index >= 15 is 0 Å². The van der Waals surface area contributed by atoms with E-state index in [0.717, 1.165) is 7.05 Å². The van der Waals surface area contributed by atoms with Gasteiger partial charge in [0.05, 0.1) is 0 Å². The van der Waals surface area contributed by atoms with Crippen molar-refractivity contribution in [3.05, 3.63) is 10.1 Å². The molecule has 4 heteroatoms. The molecular formula is CH4BrNO2. The van der Waals surface area contributed by atoms with Crippen molar-refractivity contribution in [2.45, 2.75) is 0 Å². The Morgan fingerprint density at radius 2 is 1.80 bits per heavy atom. The molecule has 0 rings (SSSR count). The number of nitro groups is 1. The van der Waals surface area contributed by atoms with Gasteiger partial charge in [0.2, 0.25) is 0 Å². The van der Waals surface area contributed by atoms with Crippen LogP contribution in [0.5, 0.6) is 0 Å². The molecule has 0 unspecified atom stereocenters. The van der Waals surface area contributed by atoms with Crippen LogP contribution >= 0.6 is 17.0 Å². The topological polar surface area (TPSA) is 43.1 Å². The molecule has 0 bridgehead atoms. The van der Waals surface area contributed by atoms with Crippen LogP contribution in [0.3, 0.4) is 0 Å². The van der Waals surface area contributed by atoms with Crippen LogP contribution in [-0.2, 0) is 0 Å². The standard InChI is InChI=1S/CH3NO2.BrH/c1-2(3)4;/h1H3;1H. The van der Waals surface area contributed by atoms with Crippen LogP contribution in [0, 0.1) is 10.1 Å². The fraction of sp³-hybridized carbons (Fsp3) is 1.00. The van der Waals surface area contributed by atoms with Crippen molar-refractivity contribution in [3.8, 4) is 0 Å². The normalized spacial score (nSPS) is 5.00. The van der Waals surface area contributed by atoms with E-state index in [1.165, 1.54) is 0 Å². The molecule has 0 aliphatic heterocycles. The van der Waals surface area contributed by atoms with Gasteiger partial charge in [-0.25, -0.2) is 0 Å². The maximum atomic E-state index is 8.81. The largest absolute Gasteiger partial charge is 0.265 e. The minimum Gasteiger partial charge on any atom is -0.265 e. The molecule has 0 atom stereocenters. The Bertz CT molecular complexity index is 32.6. The fourth-order valence-electron chi connectivity index (χ4n) is 0. The van der Waals surface area contributed by atoms with Gasteiger partial charge in [0.1, 0.15) is 0 Å². The summed E-state index contributed by atoms with van der Waals surface area (Å²) in [5, 5.41) is 8.81. The summed E-state index contributed by atoms with van der Waals surface area (Å²) in [7, 11) is 0.889. The Morgan fingerprint density at radius 3 is 1.80 bits per heavy atom. The highest BCUT2D eigenvalue weighted by molar-refractivity contribution is 8.93. The molecule has 0 amide bonds. The van der Waals surface area contributed by atoms with E-state index in [0.29, 0.717) is 0 Å². The van der Waals surface area contributed by atoms with E-state index in [1.54, 1.807) is 0 Å². The second-order valence-electron chi connectivity index (χ2n) is 0.440. The van der Waals surface area contributed by atoms with Crippen molar-refractivity contribution < 1.29 is 4.92 Å². The highest BCUT2D eigenvalue weighted by Crippen LogP contribution is 1.39. The minimum atomic E-state index is -0.500. The highest BCUT2D eigenvalue weighted by atomic mass is 79.9. The third kappa shape index (κ3) is 952. The molecule has 0 aromatic rings. The van der Waals surface area contributed by atoms with E-state index in [4.69, 9.17) is 10.1 Å². The summed E-state index contributed by atoms with van der Waals surface area (Å²) in [5.41, 5.74) is 0. The Morgan fingerprint density at radius 1 is 1.80 bits per heavy atom. The molecular weight excluding hydrogens is 138 g/mol. The van der Waals surface area contributed by atoms with Crippen LogP contribution in [0.15, 0.2) is 0 Å². The summed E-state index contributed by atoms with van der Waals surface area (Å²) in [6, 6.07) is 0. The zero-order valence-corrected chi connectivity index (χ0v) is 4.39. The monoisotopic (exact) mass is 141 g/mol. The first-order chi connectivity index (χ1) is 1.73. The lowest BCUT2D eigenvalue weighted by Crippen LogP contribution is -1.79. The van der Waals surface area contributed by atoms with Gasteiger partial charge in [0, 0.05) is 4.92 Å². The number of nitrogens with zero attached hydrogens (tertiary/aromatic N) is 1. The minimum absolute atomic E-state index is 0. The quantitative estimate of drug-likeness (QED) is 0.364. The van der Waals surface area contributed by atoms with Crippen LogP contribution in [0.1, 0.15) is 0 Å². The fourth-order valence-corrected chi connectivity index (χ4v) is 0. The molecule has 5 heavy (non-hydrogen) atoms. The second kappa shape index (κ2) is 3.88. The maximum absolute atomic E-state index is 8.81. The summed E-state index contributed by atoms with van der Waals surface area (Å²) >= 11 is 0. The predicted molar refractivity (Wildman–Crippen MR) is 23.2 cm³/mol. The zero-order valence-electron chi connectivity index (χ0n) is 2.67. The Balaban J connectivity index is 0. The third-order valence-electron chi connectivity index (χ3n) is 0. The average molecular weight is 142 g/mol. The average Bonchev–Trinajstić information content (AvgIpc) is 0.811. The summed E-state index contributed by atoms with van der Waals surface area (Å²) in [6.07, 6.45) is 0. The number of hydrogen-bond donors (Lipinski definition) is 0. The molecule has 3 nitrogen and oxygen atoms in total. The lowest BCUT2D eigenvalue weighted by atomic mass is 11.5. The molecule has 0 saturated heterocycles. The maximum Gasteiger partial charge on any atom is 0.194 e. The van der Waals surface area contributed by atoms with Crippen molar-refractivity contribution in [2.75, 3.05) is 7.05 Å². The van der Waals surface area contributed by atoms with Gasteiger partial charge in [-0.15, -0.1) is 17.0 Å². The Hall–Kier alpha value is -0.120. The number of halogens is 1. The number of hydrogen-bond acceptors (Lipinski definition) is 2. The zero-order chi connectivity index (χ0) is 3.58. The lowest BCUT2D eigenvalue weighted by molar-refractivity contribution is -0.445. The van der Waals surface area contributed by atoms with Crippen molar-refractivity contribution in [2.24, 2.45) is 0 Å². The van der Waals surface area contributed by atoms with Gasteiger partial charge in [0.25, 0.3) is 0 Å². The van der Waals surface area contributed by atoms with Gasteiger partial charge in [0.15, 0.2) is 7.05 Å². The first kappa shape index (κ1) is 8.86. The van der Waals surface area contributed by atoms with E-state index in [1.807, 2.05) is 0 Å². The SMILES string of the molecule is Br.C[N+](=O)[O-]. The van der Waals surface area contributed by atoms with Crippen molar-refractivity contribution in [1.29, 1.82) is 0 Å². The van der Waals surface area contributed by atoms with Crippen molar-refractivity contribution in [1.82, 2.24) is 0 Å². The smallest absolute Gasteiger partial charge is 0.194 e. The molecule has 0 heterocycles. The van der Waals surface area contributed by atoms with Gasteiger partial charge < -0.3 is 0 Å². The van der Waals surface area contributed by atoms with E-state index < -0.39 is 4.92 Å². The first-order valence-electron chi connectivity index (χ1n) is 0.812. The molecule has 0 spiro atoms. The van der Waals surface area contributed by atoms with Gasteiger partial charge in [-0.1, -0.05) is 0 Å². The first-order valence-corrected chi connectivity index (χ1v) is 0.812. The molecule has 0 N–H and O–H groups in total. The lowest BCUT2D eigenvalue weighted by Gasteiger charge is -1.63. The second-order valence-corrected chi connectivity index (χ2v) is 0.440. The van der Waals surface area contributed by atoms with Crippen molar-refractivity contribution in [3.63, 3.8) is 0 Å². The van der Waals surface area contributed by atoms with Crippen LogP contribution < -0.4 is 0 Å². The molecule has 0 aromatic carbocycles. The molecule has 32 valence electrons. The molecule has 0 aliphatic rings. The highest BCUT2D eigenvalue weighted by Gasteiger charge is 1.57. The predicted octanol–water partition coefficient (Wildman–Crippen LogP) is 0.471. The van der Waals surface area contributed by atoms with Crippen molar-refractivity contribution >= 4 is 17.0 Å². The molecule has 0 fully saturated rings. The van der Waals surface area contributed by atoms with Gasteiger partial charge in [-0.05, 0) is 0 Å². The summed E-state index contributed by atoms with van der Waals surface area (Å²) in [6.45, 7) is 0. The molecule has 0 aliphatic carbocycles. The van der Waals surface area contributed by atoms with Crippen LogP contribution in [0.2, 0.25) is 0 Å². The van der Waals surface area contributed by atoms with E-state index in [2.05, 4.69) is 0 Å². The van der Waals surface area contributed by atoms with Gasteiger partial charge >= 0.3 is 0 Å². The summed E-state index contributed by atoms with van der Waals surface area (Å²) in [5.74, 6) is 0. The third-order valence-corrected chi connectivity index (χ3v) is 0. The van der Waals surface area contributed by atoms with Crippen LogP contribution in [0.25, 0.3) is 0 Å². The summed E-state index contributed by atoms with van der Waals surface area (Å²) < 4.78 is 0. The van der Waals surface area contributed by atoms with Crippen LogP contribution in [-0.4, -0.2) is 12.0 Å². The van der Waals surface area contributed by atoms with Gasteiger partial charge in [-0.3, -0.25) is 10.1 Å². The van der Waals surface area contributed by atoms with Crippen LogP contribution in [0.4, 0.5) is 0 Å². The molecule has 0 aromatic heterocycles. The Labute approximate surface area is 39.9 Å². The van der Waals surface area contributed by atoms with Gasteiger partial charge in [-0.2, -0.15) is 0 Å². The molecule has 0 saturated carbocycles. The van der Waals surface area contributed by atoms with E-state index in [-0.39, 0.29) is 17.0 Å². The van der Waals surface area contributed by atoms with E-state index in [9.17, 15) is 0 Å². The summed E-state index contributed by atoms with van der Waals surface area (Å²) in [4.78, 5) is 8.31. The number of rotatable bonds is 0. The molecule has 0 radical (unpaired) electrons. The Kier molecular flexibility index (Phi) is 6.87.